The summed E-state index contributed by atoms with van der Waals surface area (Å²) in [4.78, 5) is 47.1. The number of carboxylic acids is 1. The fourth-order valence-electron chi connectivity index (χ4n) is 9.24. The van der Waals surface area contributed by atoms with Crippen LogP contribution in [0.15, 0.2) is 152 Å². The van der Waals surface area contributed by atoms with Gasteiger partial charge in [0.05, 0.1) is 59.3 Å². The van der Waals surface area contributed by atoms with Crippen LogP contribution < -0.4 is 25.6 Å². The van der Waals surface area contributed by atoms with Crippen LogP contribution in [-0.2, 0) is 23.8 Å². The minimum Gasteiger partial charge on any atom is -0.491 e. The molecule has 3 heterocycles. The Morgan fingerprint density at radius 1 is 0.653 bits per heavy atom. The first-order valence-electron chi connectivity index (χ1n) is 25.5. The van der Waals surface area contributed by atoms with Gasteiger partial charge < -0.3 is 55.0 Å². The lowest BCUT2D eigenvalue weighted by molar-refractivity contribution is -0.138. The number of rotatable bonds is 27. The molecule has 15 nitrogen and oxygen atoms in total. The average molecular weight is 1050 g/mol. The maximum atomic E-state index is 13.0. The van der Waals surface area contributed by atoms with Crippen molar-refractivity contribution >= 4 is 64.0 Å². The molecule has 2 aromatic heterocycles. The summed E-state index contributed by atoms with van der Waals surface area (Å²) in [6, 6.07) is 49.6. The summed E-state index contributed by atoms with van der Waals surface area (Å²) in [5, 5.41) is 19.6. The molecule has 9 rings (SSSR count). The van der Waals surface area contributed by atoms with Gasteiger partial charge in [-0.3, -0.25) is 9.59 Å². The number of anilines is 1. The van der Waals surface area contributed by atoms with Gasteiger partial charge in [0.15, 0.2) is 0 Å². The van der Waals surface area contributed by atoms with Crippen molar-refractivity contribution in [3.05, 3.63) is 168 Å². The van der Waals surface area contributed by atoms with Gasteiger partial charge in [0.2, 0.25) is 5.91 Å². The van der Waals surface area contributed by atoms with Gasteiger partial charge in [0.1, 0.15) is 30.0 Å². The monoisotopic (exact) mass is 1050 g/mol. The maximum absolute atomic E-state index is 13.0. The highest BCUT2D eigenvalue weighted by molar-refractivity contribution is 8.00. The Balaban J connectivity index is 0.647. The van der Waals surface area contributed by atoms with Crippen LogP contribution in [0.1, 0.15) is 16.7 Å². The van der Waals surface area contributed by atoms with Gasteiger partial charge in [-0.05, 0) is 84.4 Å². The van der Waals surface area contributed by atoms with E-state index in [0.717, 1.165) is 93.5 Å². The number of fused-ring (bicyclic) bond motifs is 2. The molecule has 75 heavy (non-hydrogen) atoms. The summed E-state index contributed by atoms with van der Waals surface area (Å²) in [5.41, 5.74) is 10.1. The van der Waals surface area contributed by atoms with Crippen molar-refractivity contribution in [3.63, 3.8) is 0 Å². The first kappa shape index (κ1) is 53.1. The molecule has 0 aliphatic carbocycles. The van der Waals surface area contributed by atoms with E-state index in [0.29, 0.717) is 52.7 Å². The zero-order chi connectivity index (χ0) is 51.8. The van der Waals surface area contributed by atoms with E-state index in [-0.39, 0.29) is 17.4 Å². The second-order valence-corrected chi connectivity index (χ2v) is 20.0. The second kappa shape index (κ2) is 26.2. The van der Waals surface area contributed by atoms with Gasteiger partial charge in [-0.2, -0.15) is 12.6 Å². The number of thioether (sulfide) groups is 1. The van der Waals surface area contributed by atoms with Gasteiger partial charge in [0, 0.05) is 74.1 Å². The van der Waals surface area contributed by atoms with Crippen LogP contribution in [-0.4, -0.2) is 151 Å². The number of imidazole rings is 2. The van der Waals surface area contributed by atoms with E-state index < -0.39 is 22.8 Å². The minimum atomic E-state index is -0.944. The lowest BCUT2D eigenvalue weighted by Crippen LogP contribution is -2.49. The van der Waals surface area contributed by atoms with E-state index in [1.807, 2.05) is 84.9 Å². The highest BCUT2D eigenvalue weighted by atomic mass is 32.2. The number of H-pyrrole nitrogens is 2. The molecule has 1 fully saturated rings. The van der Waals surface area contributed by atoms with Crippen molar-refractivity contribution < 1.29 is 28.9 Å². The van der Waals surface area contributed by atoms with Crippen LogP contribution in [0.3, 0.4) is 0 Å². The molecule has 2 unspecified atom stereocenters. The number of hydrogen-bond donors (Lipinski definition) is 7. The smallest absolute Gasteiger partial charge is 0.321 e. The normalized spacial score (nSPS) is 14.0. The molecule has 2 atom stereocenters. The van der Waals surface area contributed by atoms with Crippen molar-refractivity contribution in [1.82, 2.24) is 40.8 Å². The van der Waals surface area contributed by atoms with Gasteiger partial charge in [-0.1, -0.05) is 91.0 Å². The first-order chi connectivity index (χ1) is 36.8. The molecule has 1 aliphatic heterocycles. The highest BCUT2D eigenvalue weighted by Crippen LogP contribution is 2.48. The van der Waals surface area contributed by atoms with Crippen LogP contribution in [0.25, 0.3) is 44.8 Å². The zero-order valence-electron chi connectivity index (χ0n) is 42.1. The van der Waals surface area contributed by atoms with Crippen LogP contribution in [0, 0.1) is 0 Å². The number of thiol groups is 1. The number of carbonyl (C=O) groups excluding carboxylic acids is 1. The third kappa shape index (κ3) is 13.6. The Hall–Kier alpha value is -6.70. The molecule has 6 N–H and O–H groups in total. The number of aromatic amines is 2. The van der Waals surface area contributed by atoms with E-state index in [9.17, 15) is 14.7 Å². The van der Waals surface area contributed by atoms with Crippen LogP contribution in [0.4, 0.5) is 5.69 Å². The predicted octanol–water partition coefficient (Wildman–Crippen LogP) is 7.71. The van der Waals surface area contributed by atoms with Gasteiger partial charge in [0.25, 0.3) is 0 Å². The van der Waals surface area contributed by atoms with Gasteiger partial charge in [-0.25, -0.2) is 9.97 Å². The largest absolute Gasteiger partial charge is 0.491 e. The third-order valence-electron chi connectivity index (χ3n) is 13.3. The molecule has 0 spiro atoms. The Bertz CT molecular complexity index is 2970. The molecular weight excluding hydrogens is 983 g/mol. The standard InChI is InChI=1S/C58H65N9O6S2/c1-66-28-30-67(31-29-66)46-20-24-49-51(38-46)65-55(63-49)42-19-23-48-50(37-42)64-54(62-48)41-17-21-47(22-18-41)73-36-35-72-34-33-71-32-27-61-56(68)52(39-74)59-25-26-60-53(57(69)70)40-75-58(43-11-5-2-6-12-43,44-13-7-3-8-14-44)45-15-9-4-10-16-45/h2-24,37-38,52-53,59-60,74H,25-36,39-40H2,1H3,(H,61,68)(H,62,64)(H,63,65)(H,69,70). The molecule has 1 amide bonds. The average Bonchev–Trinajstić information content (AvgIpc) is 4.09. The van der Waals surface area contributed by atoms with Gasteiger partial charge >= 0.3 is 5.97 Å². The number of amides is 1. The number of likely N-dealkylation sites (N-methyl/N-ethyl adjacent to an activating group) is 1. The number of aliphatic carboxylic acids is 1. The summed E-state index contributed by atoms with van der Waals surface area (Å²) < 4.78 is 16.7. The zero-order valence-corrected chi connectivity index (χ0v) is 43.8. The fraction of sp³-hybridized carbons (Fsp3) is 0.310. The number of carbonyl (C=O) groups is 2. The lowest BCUT2D eigenvalue weighted by Gasteiger charge is -2.36. The van der Waals surface area contributed by atoms with E-state index >= 15 is 0 Å². The Morgan fingerprint density at radius 3 is 1.79 bits per heavy atom. The number of hydrogen-bond acceptors (Lipinski definition) is 13. The second-order valence-electron chi connectivity index (χ2n) is 18.4. The van der Waals surface area contributed by atoms with Crippen molar-refractivity contribution in [2.24, 2.45) is 0 Å². The number of nitrogens with zero attached hydrogens (tertiary/aromatic N) is 4. The summed E-state index contributed by atoms with van der Waals surface area (Å²) in [6.45, 7) is 7.02. The van der Waals surface area contributed by atoms with Gasteiger partial charge in [-0.15, -0.1) is 11.8 Å². The molecule has 17 heteroatoms. The SMILES string of the molecule is CN1CCN(c2ccc3nc(-c4ccc5nc(-c6ccc(OCCOCCOCCNC(=O)C(CS)NCCNC(CSC(c7ccccc7)(c7ccccc7)c7ccccc7)C(=O)O)cc6)[nH]c5c4)[nH]c3c2)CC1. The lowest BCUT2D eigenvalue weighted by atomic mass is 9.84. The quantitative estimate of drug-likeness (QED) is 0.0151. The number of aromatic nitrogens is 4. The summed E-state index contributed by atoms with van der Waals surface area (Å²) in [7, 11) is 2.17. The summed E-state index contributed by atoms with van der Waals surface area (Å²) in [5.74, 6) is 1.73. The molecule has 390 valence electrons. The molecular formula is C58H65N9O6S2. The number of ether oxygens (including phenoxy) is 3. The number of carboxylic acid groups (broad SMARTS) is 1. The van der Waals surface area contributed by atoms with Crippen LogP contribution in [0.2, 0.25) is 0 Å². The van der Waals surface area contributed by atoms with Crippen LogP contribution in [0.5, 0.6) is 5.75 Å². The topological polar surface area (TPSA) is 182 Å². The first-order valence-corrected chi connectivity index (χ1v) is 27.1. The van der Waals surface area contributed by atoms with E-state index in [2.05, 4.69) is 122 Å². The van der Waals surface area contributed by atoms with E-state index in [1.165, 1.54) is 5.69 Å². The Labute approximate surface area is 447 Å². The number of piperazine rings is 1. The Kier molecular flexibility index (Phi) is 18.5. The van der Waals surface area contributed by atoms with Crippen molar-refractivity contribution in [1.29, 1.82) is 0 Å². The molecule has 6 aromatic carbocycles. The maximum Gasteiger partial charge on any atom is 0.321 e. The predicted molar refractivity (Wildman–Crippen MR) is 303 cm³/mol. The summed E-state index contributed by atoms with van der Waals surface area (Å²) in [6.07, 6.45) is 0. The van der Waals surface area contributed by atoms with Crippen molar-refractivity contribution in [3.8, 4) is 28.5 Å². The van der Waals surface area contributed by atoms with E-state index in [1.54, 1.807) is 11.8 Å². The fourth-order valence-corrected chi connectivity index (χ4v) is 11.1. The molecule has 1 saturated heterocycles. The highest BCUT2D eigenvalue weighted by Gasteiger charge is 2.38. The van der Waals surface area contributed by atoms with Crippen LogP contribution >= 0.6 is 24.4 Å². The minimum absolute atomic E-state index is 0.208. The van der Waals surface area contributed by atoms with Crippen molar-refractivity contribution in [2.75, 3.05) is 102 Å². The molecule has 0 saturated carbocycles. The molecule has 0 bridgehead atoms. The molecule has 1 aliphatic rings. The third-order valence-corrected chi connectivity index (χ3v) is 15.3. The number of nitrogens with one attached hydrogen (secondary N) is 5. The molecule has 0 radical (unpaired) electrons. The summed E-state index contributed by atoms with van der Waals surface area (Å²) >= 11 is 5.98. The molecule has 8 aromatic rings. The van der Waals surface area contributed by atoms with E-state index in [4.69, 9.17) is 24.2 Å². The Morgan fingerprint density at radius 2 is 1.19 bits per heavy atom. The number of benzene rings is 6. The van der Waals surface area contributed by atoms with Crippen molar-refractivity contribution in [2.45, 2.75) is 16.8 Å².